The maximum Gasteiger partial charge on any atom is 0.500 e. The van der Waals surface area contributed by atoms with Gasteiger partial charge in [-0.15, -0.1) is 5.10 Å². The van der Waals surface area contributed by atoms with Crippen molar-refractivity contribution >= 4 is 25.9 Å². The molecule has 0 saturated carbocycles. The Labute approximate surface area is 129 Å². The van der Waals surface area contributed by atoms with Crippen molar-refractivity contribution in [1.29, 1.82) is 0 Å². The highest BCUT2D eigenvalue weighted by molar-refractivity contribution is 6.60. The van der Waals surface area contributed by atoms with Gasteiger partial charge in [-0.1, -0.05) is 17.3 Å². The van der Waals surface area contributed by atoms with Crippen LogP contribution in [0.15, 0.2) is 24.3 Å². The standard InChI is InChI=1S/C13H20N4O4Si/c1-19-22(20-2,21-3)10-6-9-14-13(18)17-12-8-5-4-7-11(12)15-16-17/h4-5,7-8H,6,9-10H2,1-3H3,(H,14,18). The van der Waals surface area contributed by atoms with Crippen LogP contribution in [0.25, 0.3) is 11.0 Å². The van der Waals surface area contributed by atoms with E-state index in [9.17, 15) is 4.79 Å². The molecule has 8 nitrogen and oxygen atoms in total. The quantitative estimate of drug-likeness (QED) is 0.609. The Morgan fingerprint density at radius 3 is 2.59 bits per heavy atom. The molecule has 0 spiro atoms. The van der Waals surface area contributed by atoms with Crippen molar-refractivity contribution in [2.24, 2.45) is 0 Å². The summed E-state index contributed by atoms with van der Waals surface area (Å²) in [5.74, 6) is 0. The molecule has 1 heterocycles. The number of nitrogens with zero attached hydrogens (tertiary/aromatic N) is 3. The molecule has 0 fully saturated rings. The predicted molar refractivity (Wildman–Crippen MR) is 82.5 cm³/mol. The van der Waals surface area contributed by atoms with E-state index in [0.717, 1.165) is 0 Å². The van der Waals surface area contributed by atoms with E-state index >= 15 is 0 Å². The first kappa shape index (κ1) is 16.6. The van der Waals surface area contributed by atoms with Crippen molar-refractivity contribution in [3.8, 4) is 0 Å². The number of benzene rings is 1. The third-order valence-corrected chi connectivity index (χ3v) is 6.25. The molecule has 1 amide bonds. The molecule has 0 radical (unpaired) electrons. The van der Waals surface area contributed by atoms with Gasteiger partial charge in [0, 0.05) is 33.9 Å². The molecule has 1 aromatic heterocycles. The van der Waals surface area contributed by atoms with Gasteiger partial charge in [0.25, 0.3) is 0 Å². The Balaban J connectivity index is 1.88. The number of hydrogen-bond acceptors (Lipinski definition) is 6. The largest absolute Gasteiger partial charge is 0.500 e. The fourth-order valence-corrected chi connectivity index (χ4v) is 3.87. The summed E-state index contributed by atoms with van der Waals surface area (Å²) >= 11 is 0. The fraction of sp³-hybridized carbons (Fsp3) is 0.462. The molecule has 0 atom stereocenters. The zero-order valence-corrected chi connectivity index (χ0v) is 13.9. The molecule has 0 saturated heterocycles. The van der Waals surface area contributed by atoms with E-state index < -0.39 is 8.80 Å². The summed E-state index contributed by atoms with van der Waals surface area (Å²) in [6.07, 6.45) is 0.681. The smallest absolute Gasteiger partial charge is 0.377 e. The minimum atomic E-state index is -2.59. The first-order valence-electron chi connectivity index (χ1n) is 6.90. The summed E-state index contributed by atoms with van der Waals surface area (Å²) in [6, 6.07) is 7.60. The van der Waals surface area contributed by atoms with Crippen molar-refractivity contribution in [2.45, 2.75) is 12.5 Å². The van der Waals surface area contributed by atoms with Crippen LogP contribution >= 0.6 is 0 Å². The Kier molecular flexibility index (Phi) is 5.61. The molecule has 2 aromatic rings. The molecule has 0 bridgehead atoms. The lowest BCUT2D eigenvalue weighted by molar-refractivity contribution is 0.123. The van der Waals surface area contributed by atoms with Gasteiger partial charge in [0.1, 0.15) is 5.52 Å². The number of fused-ring (bicyclic) bond motifs is 1. The Bertz CT molecular complexity index is 621. The maximum absolute atomic E-state index is 12.1. The highest BCUT2D eigenvalue weighted by atomic mass is 28.4. The normalized spacial score (nSPS) is 11.8. The van der Waals surface area contributed by atoms with Crippen molar-refractivity contribution in [3.63, 3.8) is 0 Å². The van der Waals surface area contributed by atoms with Gasteiger partial charge in [0.2, 0.25) is 0 Å². The highest BCUT2D eigenvalue weighted by Crippen LogP contribution is 2.14. The summed E-state index contributed by atoms with van der Waals surface area (Å²) in [5, 5.41) is 10.6. The van der Waals surface area contributed by atoms with Gasteiger partial charge in [0.05, 0.1) is 5.52 Å². The summed E-state index contributed by atoms with van der Waals surface area (Å²) in [7, 11) is 2.12. The molecule has 1 N–H and O–H groups in total. The summed E-state index contributed by atoms with van der Waals surface area (Å²) in [4.78, 5) is 12.1. The van der Waals surface area contributed by atoms with Crippen LogP contribution in [-0.4, -0.2) is 57.7 Å². The van der Waals surface area contributed by atoms with Crippen LogP contribution in [-0.2, 0) is 13.3 Å². The predicted octanol–water partition coefficient (Wildman–Crippen LogP) is 1.26. The van der Waals surface area contributed by atoms with Crippen LogP contribution in [0.1, 0.15) is 6.42 Å². The molecule has 0 unspecified atom stereocenters. The summed E-state index contributed by atoms with van der Waals surface area (Å²) in [5.41, 5.74) is 1.36. The lowest BCUT2D eigenvalue weighted by Gasteiger charge is -2.24. The van der Waals surface area contributed by atoms with E-state index in [-0.39, 0.29) is 6.03 Å². The fourth-order valence-electron chi connectivity index (χ4n) is 2.15. The molecule has 9 heteroatoms. The SMILES string of the molecule is CO[Si](CCCNC(=O)n1nnc2ccccc21)(OC)OC. The zero-order chi connectivity index (χ0) is 16.0. The molecule has 2 rings (SSSR count). The van der Waals surface area contributed by atoms with Crippen molar-refractivity contribution < 1.29 is 18.1 Å². The Morgan fingerprint density at radius 2 is 1.91 bits per heavy atom. The molecule has 0 aliphatic heterocycles. The molecule has 0 aliphatic carbocycles. The highest BCUT2D eigenvalue weighted by Gasteiger charge is 2.36. The minimum absolute atomic E-state index is 0.312. The third kappa shape index (κ3) is 3.50. The van der Waals surface area contributed by atoms with E-state index in [2.05, 4.69) is 15.6 Å². The van der Waals surface area contributed by atoms with Gasteiger partial charge in [-0.2, -0.15) is 4.68 Å². The zero-order valence-electron chi connectivity index (χ0n) is 12.9. The number of para-hydroxylation sites is 1. The van der Waals surface area contributed by atoms with Crippen LogP contribution < -0.4 is 5.32 Å². The number of rotatable bonds is 7. The number of carbonyl (C=O) groups is 1. The van der Waals surface area contributed by atoms with E-state index in [1.54, 1.807) is 27.4 Å². The number of carbonyl (C=O) groups excluding carboxylic acids is 1. The number of hydrogen-bond donors (Lipinski definition) is 1. The maximum atomic E-state index is 12.1. The second-order valence-electron chi connectivity index (χ2n) is 4.62. The molecular formula is C13H20N4O4Si. The topological polar surface area (TPSA) is 87.5 Å². The van der Waals surface area contributed by atoms with Crippen LogP contribution in [0.5, 0.6) is 0 Å². The van der Waals surface area contributed by atoms with Crippen LogP contribution in [0.4, 0.5) is 4.79 Å². The van der Waals surface area contributed by atoms with Crippen molar-refractivity contribution in [1.82, 2.24) is 20.3 Å². The Hall–Kier alpha value is -1.81. The monoisotopic (exact) mass is 324 g/mol. The van der Waals surface area contributed by atoms with Crippen molar-refractivity contribution in [2.75, 3.05) is 27.9 Å². The van der Waals surface area contributed by atoms with E-state index in [1.807, 2.05) is 18.2 Å². The molecule has 0 aliphatic rings. The lowest BCUT2D eigenvalue weighted by atomic mass is 10.3. The molecule has 22 heavy (non-hydrogen) atoms. The average Bonchev–Trinajstić information content (AvgIpc) is 3.00. The van der Waals surface area contributed by atoms with Gasteiger partial charge in [-0.3, -0.25) is 0 Å². The summed E-state index contributed by atoms with van der Waals surface area (Å²) < 4.78 is 17.2. The number of nitrogens with one attached hydrogen (secondary N) is 1. The minimum Gasteiger partial charge on any atom is -0.377 e. The lowest BCUT2D eigenvalue weighted by Crippen LogP contribution is -2.43. The molecular weight excluding hydrogens is 304 g/mol. The van der Waals surface area contributed by atoms with Crippen LogP contribution in [0.2, 0.25) is 6.04 Å². The number of amides is 1. The van der Waals surface area contributed by atoms with Gasteiger partial charge >= 0.3 is 14.8 Å². The molecule has 1 aromatic carbocycles. The third-order valence-electron chi connectivity index (χ3n) is 3.41. The van der Waals surface area contributed by atoms with Crippen LogP contribution in [0.3, 0.4) is 0 Å². The second-order valence-corrected chi connectivity index (χ2v) is 7.71. The first-order chi connectivity index (χ1) is 10.7. The molecule has 120 valence electrons. The van der Waals surface area contributed by atoms with E-state index in [0.29, 0.717) is 30.0 Å². The van der Waals surface area contributed by atoms with Gasteiger partial charge < -0.3 is 18.6 Å². The van der Waals surface area contributed by atoms with Gasteiger partial charge in [-0.25, -0.2) is 4.79 Å². The van der Waals surface area contributed by atoms with Crippen molar-refractivity contribution in [3.05, 3.63) is 24.3 Å². The first-order valence-corrected chi connectivity index (χ1v) is 8.83. The van der Waals surface area contributed by atoms with Gasteiger partial charge in [-0.05, 0) is 18.6 Å². The summed E-state index contributed by atoms with van der Waals surface area (Å²) in [6.45, 7) is 0.470. The number of aromatic nitrogens is 3. The van der Waals surface area contributed by atoms with Gasteiger partial charge in [0.15, 0.2) is 0 Å². The van der Waals surface area contributed by atoms with E-state index in [1.165, 1.54) is 4.68 Å². The van der Waals surface area contributed by atoms with Crippen LogP contribution in [0, 0.1) is 0 Å². The van der Waals surface area contributed by atoms with E-state index in [4.69, 9.17) is 13.3 Å². The Morgan fingerprint density at radius 1 is 1.23 bits per heavy atom. The second kappa shape index (κ2) is 7.45. The average molecular weight is 324 g/mol.